The molecule has 14 heavy (non-hydrogen) atoms. The topological polar surface area (TPSA) is 76.5 Å². The van der Waals surface area contributed by atoms with Crippen LogP contribution in [0.1, 0.15) is 12.1 Å². The first-order valence-corrected chi connectivity index (χ1v) is 3.94. The Labute approximate surface area is 80.3 Å². The van der Waals surface area contributed by atoms with E-state index < -0.39 is 18.4 Å². The zero-order valence-electron chi connectivity index (χ0n) is 7.56. The van der Waals surface area contributed by atoms with Gasteiger partial charge in [0.1, 0.15) is 6.42 Å². The van der Waals surface area contributed by atoms with Crippen LogP contribution in [0, 0.1) is 6.92 Å². The number of pyridine rings is 1. The number of aromatic nitrogens is 1. The molecule has 0 saturated heterocycles. The summed E-state index contributed by atoms with van der Waals surface area (Å²) in [6.07, 6.45) is -0.657. The maximum atomic E-state index is 10.9. The molecule has 0 bridgehead atoms. The average molecular weight is 195 g/mol. The minimum absolute atomic E-state index is 0.122. The monoisotopic (exact) mass is 195 g/mol. The van der Waals surface area contributed by atoms with Crippen molar-refractivity contribution in [3.05, 3.63) is 23.9 Å². The molecule has 0 aliphatic carbocycles. The van der Waals surface area contributed by atoms with Crippen LogP contribution < -0.4 is 4.74 Å². The maximum Gasteiger partial charge on any atom is 0.323 e. The van der Waals surface area contributed by atoms with E-state index in [1.165, 1.54) is 6.07 Å². The van der Waals surface area contributed by atoms with Crippen molar-refractivity contribution in [2.75, 3.05) is 0 Å². The highest BCUT2D eigenvalue weighted by atomic mass is 16.5. The molecule has 0 unspecified atom stereocenters. The minimum Gasteiger partial charge on any atom is -0.481 e. The van der Waals surface area contributed by atoms with E-state index in [0.717, 1.165) is 0 Å². The minimum atomic E-state index is -1.22. The van der Waals surface area contributed by atoms with Crippen molar-refractivity contribution in [1.29, 1.82) is 0 Å². The molecule has 0 spiro atoms. The van der Waals surface area contributed by atoms with Gasteiger partial charge in [0.05, 0.1) is 0 Å². The number of esters is 1. The predicted molar refractivity (Wildman–Crippen MR) is 46.9 cm³/mol. The average Bonchev–Trinajstić information content (AvgIpc) is 2.01. The molecule has 1 rings (SSSR count). The third-order valence-electron chi connectivity index (χ3n) is 1.38. The number of hydrogen-bond acceptors (Lipinski definition) is 4. The molecule has 0 aliphatic heterocycles. The molecule has 1 aromatic rings. The van der Waals surface area contributed by atoms with E-state index in [0.29, 0.717) is 5.69 Å². The van der Waals surface area contributed by atoms with Gasteiger partial charge in [0, 0.05) is 11.8 Å². The Bertz CT molecular complexity index is 362. The van der Waals surface area contributed by atoms with Crippen LogP contribution in [0.25, 0.3) is 0 Å². The normalized spacial score (nSPS) is 9.50. The van der Waals surface area contributed by atoms with Gasteiger partial charge in [-0.2, -0.15) is 0 Å². The highest BCUT2D eigenvalue weighted by Crippen LogP contribution is 2.07. The highest BCUT2D eigenvalue weighted by Gasteiger charge is 2.10. The van der Waals surface area contributed by atoms with E-state index in [-0.39, 0.29) is 5.88 Å². The molecular formula is C9H9NO4. The second kappa shape index (κ2) is 4.36. The van der Waals surface area contributed by atoms with Crippen LogP contribution in [0.2, 0.25) is 0 Å². The van der Waals surface area contributed by atoms with Gasteiger partial charge in [-0.15, -0.1) is 0 Å². The van der Waals surface area contributed by atoms with Crippen molar-refractivity contribution in [2.24, 2.45) is 0 Å². The molecule has 0 radical (unpaired) electrons. The van der Waals surface area contributed by atoms with E-state index in [1.807, 2.05) is 0 Å². The Balaban J connectivity index is 2.60. The van der Waals surface area contributed by atoms with Crippen molar-refractivity contribution >= 4 is 11.9 Å². The fourth-order valence-electron chi connectivity index (χ4n) is 0.851. The van der Waals surface area contributed by atoms with E-state index in [9.17, 15) is 9.59 Å². The molecule has 0 atom stereocenters. The van der Waals surface area contributed by atoms with Crippen molar-refractivity contribution < 1.29 is 19.4 Å². The molecule has 1 aromatic heterocycles. The molecule has 0 saturated carbocycles. The zero-order chi connectivity index (χ0) is 10.6. The Kier molecular flexibility index (Phi) is 3.17. The SMILES string of the molecule is Cc1cccc(OC(=O)CC(=O)O)n1. The summed E-state index contributed by atoms with van der Waals surface area (Å²) < 4.78 is 4.68. The van der Waals surface area contributed by atoms with Gasteiger partial charge in [-0.3, -0.25) is 9.59 Å². The summed E-state index contributed by atoms with van der Waals surface area (Å²) in [7, 11) is 0. The number of rotatable bonds is 3. The molecule has 5 heteroatoms. The van der Waals surface area contributed by atoms with E-state index in [4.69, 9.17) is 5.11 Å². The molecule has 0 aromatic carbocycles. The summed E-state index contributed by atoms with van der Waals surface area (Å²) in [5, 5.41) is 8.30. The van der Waals surface area contributed by atoms with E-state index in [2.05, 4.69) is 9.72 Å². The molecule has 0 amide bonds. The number of ether oxygens (including phenoxy) is 1. The highest BCUT2D eigenvalue weighted by molar-refractivity contribution is 5.90. The standard InChI is InChI=1S/C9H9NO4/c1-6-3-2-4-7(10-6)14-9(13)5-8(11)12/h2-4H,5H2,1H3,(H,11,12). The van der Waals surface area contributed by atoms with Gasteiger partial charge in [-0.1, -0.05) is 6.07 Å². The lowest BCUT2D eigenvalue weighted by atomic mass is 10.4. The smallest absolute Gasteiger partial charge is 0.323 e. The Morgan fingerprint density at radius 2 is 2.21 bits per heavy atom. The number of carbonyl (C=O) groups is 2. The number of aliphatic carboxylic acids is 1. The number of carbonyl (C=O) groups excluding carboxylic acids is 1. The summed E-state index contributed by atoms with van der Waals surface area (Å²) in [4.78, 5) is 24.9. The van der Waals surface area contributed by atoms with Crippen molar-refractivity contribution in [1.82, 2.24) is 4.98 Å². The zero-order valence-corrected chi connectivity index (χ0v) is 7.56. The molecular weight excluding hydrogens is 186 g/mol. The summed E-state index contributed by atoms with van der Waals surface area (Å²) in [5.41, 5.74) is 0.700. The largest absolute Gasteiger partial charge is 0.481 e. The van der Waals surface area contributed by atoms with Crippen molar-refractivity contribution in [3.63, 3.8) is 0 Å². The number of aryl methyl sites for hydroxylation is 1. The van der Waals surface area contributed by atoms with E-state index >= 15 is 0 Å². The first kappa shape index (κ1) is 10.2. The third-order valence-corrected chi connectivity index (χ3v) is 1.38. The molecule has 1 heterocycles. The summed E-state index contributed by atoms with van der Waals surface area (Å²) in [5.74, 6) is -1.92. The molecule has 5 nitrogen and oxygen atoms in total. The van der Waals surface area contributed by atoms with Crippen LogP contribution in [0.5, 0.6) is 5.88 Å². The number of hydrogen-bond donors (Lipinski definition) is 1. The van der Waals surface area contributed by atoms with Crippen LogP contribution in [0.4, 0.5) is 0 Å². The van der Waals surface area contributed by atoms with Crippen molar-refractivity contribution in [2.45, 2.75) is 13.3 Å². The van der Waals surface area contributed by atoms with Gasteiger partial charge in [0.25, 0.3) is 0 Å². The third kappa shape index (κ3) is 3.22. The van der Waals surface area contributed by atoms with Crippen LogP contribution >= 0.6 is 0 Å². The van der Waals surface area contributed by atoms with Gasteiger partial charge in [-0.25, -0.2) is 4.98 Å². The maximum absolute atomic E-state index is 10.9. The fourth-order valence-corrected chi connectivity index (χ4v) is 0.851. The lowest BCUT2D eigenvalue weighted by Gasteiger charge is -2.01. The van der Waals surface area contributed by atoms with Crippen LogP contribution in [-0.2, 0) is 9.59 Å². The summed E-state index contributed by atoms with van der Waals surface area (Å²) in [6.45, 7) is 1.74. The summed E-state index contributed by atoms with van der Waals surface area (Å²) in [6, 6.07) is 4.91. The number of carboxylic acids is 1. The first-order valence-electron chi connectivity index (χ1n) is 3.94. The predicted octanol–water partition coefficient (Wildman–Crippen LogP) is 0.770. The second-order valence-electron chi connectivity index (χ2n) is 2.66. The van der Waals surface area contributed by atoms with Crippen LogP contribution in [0.15, 0.2) is 18.2 Å². The Morgan fingerprint density at radius 3 is 2.79 bits per heavy atom. The van der Waals surface area contributed by atoms with Gasteiger partial charge < -0.3 is 9.84 Å². The van der Waals surface area contributed by atoms with Gasteiger partial charge in [0.15, 0.2) is 0 Å². The molecule has 0 fully saturated rings. The Hall–Kier alpha value is -1.91. The summed E-state index contributed by atoms with van der Waals surface area (Å²) >= 11 is 0. The lowest BCUT2D eigenvalue weighted by molar-refractivity contribution is -0.145. The van der Waals surface area contributed by atoms with Crippen LogP contribution in [-0.4, -0.2) is 22.0 Å². The van der Waals surface area contributed by atoms with Gasteiger partial charge in [0.2, 0.25) is 5.88 Å². The molecule has 74 valence electrons. The molecule has 1 N–H and O–H groups in total. The van der Waals surface area contributed by atoms with Gasteiger partial charge >= 0.3 is 11.9 Å². The fraction of sp³-hybridized carbons (Fsp3) is 0.222. The van der Waals surface area contributed by atoms with Gasteiger partial charge in [-0.05, 0) is 13.0 Å². The number of nitrogens with zero attached hydrogens (tertiary/aromatic N) is 1. The second-order valence-corrected chi connectivity index (χ2v) is 2.66. The first-order chi connectivity index (χ1) is 6.58. The molecule has 0 aliphatic rings. The lowest BCUT2D eigenvalue weighted by Crippen LogP contribution is -2.13. The number of carboxylic acid groups (broad SMARTS) is 1. The van der Waals surface area contributed by atoms with E-state index in [1.54, 1.807) is 19.1 Å². The van der Waals surface area contributed by atoms with Crippen molar-refractivity contribution in [3.8, 4) is 5.88 Å². The van der Waals surface area contributed by atoms with Crippen LogP contribution in [0.3, 0.4) is 0 Å². The Morgan fingerprint density at radius 1 is 1.50 bits per heavy atom. The quantitative estimate of drug-likeness (QED) is 0.569.